The van der Waals surface area contributed by atoms with Gasteiger partial charge < -0.3 is 9.64 Å². The normalized spacial score (nSPS) is 14.6. The van der Waals surface area contributed by atoms with Gasteiger partial charge in [0.2, 0.25) is 0 Å². The second-order valence-electron chi connectivity index (χ2n) is 8.98. The Morgan fingerprint density at radius 1 is 0.875 bits per heavy atom. The molecule has 0 bridgehead atoms. The highest BCUT2D eigenvalue weighted by Gasteiger charge is 2.20. The van der Waals surface area contributed by atoms with Crippen LogP contribution in [0.15, 0.2) is 79.0 Å². The molecule has 1 aromatic heterocycles. The SMILES string of the molecule is Cc1cc2nccc(Oc3ccc(N4CCC(Cc5ccccc5)CC4)cc3)c2cc1C. The largest absolute Gasteiger partial charge is 0.457 e. The molecule has 0 radical (unpaired) electrons. The van der Waals surface area contributed by atoms with Crippen molar-refractivity contribution in [3.8, 4) is 11.5 Å². The van der Waals surface area contributed by atoms with Crippen molar-refractivity contribution in [2.24, 2.45) is 5.92 Å². The predicted molar refractivity (Wildman–Crippen MR) is 133 cm³/mol. The number of benzene rings is 3. The summed E-state index contributed by atoms with van der Waals surface area (Å²) in [6.45, 7) is 6.48. The van der Waals surface area contributed by atoms with E-state index in [1.165, 1.54) is 41.6 Å². The molecule has 3 aromatic carbocycles. The second kappa shape index (κ2) is 9.04. The van der Waals surface area contributed by atoms with Gasteiger partial charge in [0, 0.05) is 30.4 Å². The molecule has 0 atom stereocenters. The molecule has 4 aromatic rings. The number of nitrogens with zero attached hydrogens (tertiary/aromatic N) is 2. The highest BCUT2D eigenvalue weighted by atomic mass is 16.5. The van der Waals surface area contributed by atoms with Gasteiger partial charge in [-0.3, -0.25) is 4.98 Å². The van der Waals surface area contributed by atoms with Crippen LogP contribution in [-0.4, -0.2) is 18.1 Å². The fourth-order valence-electron chi connectivity index (χ4n) is 4.66. The van der Waals surface area contributed by atoms with Crippen molar-refractivity contribution in [1.29, 1.82) is 0 Å². The maximum absolute atomic E-state index is 6.25. The average Bonchev–Trinajstić information content (AvgIpc) is 2.82. The molecule has 0 aliphatic carbocycles. The molecule has 32 heavy (non-hydrogen) atoms. The van der Waals surface area contributed by atoms with E-state index in [2.05, 4.69) is 90.5 Å². The van der Waals surface area contributed by atoms with Gasteiger partial charge in [0.05, 0.1) is 5.52 Å². The molecule has 0 unspecified atom stereocenters. The van der Waals surface area contributed by atoms with Crippen LogP contribution in [0.2, 0.25) is 0 Å². The van der Waals surface area contributed by atoms with Crippen LogP contribution in [0.25, 0.3) is 10.9 Å². The summed E-state index contributed by atoms with van der Waals surface area (Å²) in [7, 11) is 0. The minimum Gasteiger partial charge on any atom is -0.457 e. The molecule has 2 heterocycles. The maximum Gasteiger partial charge on any atom is 0.138 e. The summed E-state index contributed by atoms with van der Waals surface area (Å²) in [4.78, 5) is 7.01. The molecule has 0 spiro atoms. The lowest BCUT2D eigenvalue weighted by molar-refractivity contribution is 0.403. The summed E-state index contributed by atoms with van der Waals surface area (Å²) < 4.78 is 6.25. The Bertz CT molecular complexity index is 1190. The van der Waals surface area contributed by atoms with E-state index < -0.39 is 0 Å². The topological polar surface area (TPSA) is 25.4 Å². The maximum atomic E-state index is 6.25. The molecule has 1 aliphatic heterocycles. The number of anilines is 1. The molecule has 1 aliphatic rings. The third kappa shape index (κ3) is 4.47. The smallest absolute Gasteiger partial charge is 0.138 e. The van der Waals surface area contributed by atoms with Crippen molar-refractivity contribution in [2.45, 2.75) is 33.1 Å². The van der Waals surface area contributed by atoms with Crippen LogP contribution in [0.3, 0.4) is 0 Å². The molecular weight excluding hydrogens is 392 g/mol. The second-order valence-corrected chi connectivity index (χ2v) is 8.98. The number of pyridine rings is 1. The van der Waals surface area contributed by atoms with Crippen molar-refractivity contribution >= 4 is 16.6 Å². The number of ether oxygens (including phenoxy) is 1. The zero-order chi connectivity index (χ0) is 21.9. The van der Waals surface area contributed by atoms with E-state index in [4.69, 9.17) is 4.74 Å². The van der Waals surface area contributed by atoms with Gasteiger partial charge in [0.1, 0.15) is 11.5 Å². The monoisotopic (exact) mass is 422 g/mol. The first-order chi connectivity index (χ1) is 15.7. The van der Waals surface area contributed by atoms with E-state index in [1.54, 1.807) is 0 Å². The quantitative estimate of drug-likeness (QED) is 0.343. The summed E-state index contributed by atoms with van der Waals surface area (Å²) in [6.07, 6.45) is 5.50. The van der Waals surface area contributed by atoms with Crippen LogP contribution in [0.1, 0.15) is 29.5 Å². The zero-order valence-electron chi connectivity index (χ0n) is 18.9. The van der Waals surface area contributed by atoms with E-state index >= 15 is 0 Å². The van der Waals surface area contributed by atoms with Crippen LogP contribution in [0.5, 0.6) is 11.5 Å². The van der Waals surface area contributed by atoms with Gasteiger partial charge in [0.25, 0.3) is 0 Å². The summed E-state index contributed by atoms with van der Waals surface area (Å²) in [5.74, 6) is 2.49. The van der Waals surface area contributed by atoms with Crippen LogP contribution in [-0.2, 0) is 6.42 Å². The summed E-state index contributed by atoms with van der Waals surface area (Å²) in [6, 6.07) is 25.7. The van der Waals surface area contributed by atoms with Crippen LogP contribution in [0, 0.1) is 19.8 Å². The van der Waals surface area contributed by atoms with Crippen molar-refractivity contribution in [2.75, 3.05) is 18.0 Å². The van der Waals surface area contributed by atoms with Gasteiger partial charge in [-0.05, 0) is 98.2 Å². The van der Waals surface area contributed by atoms with Crippen LogP contribution < -0.4 is 9.64 Å². The van der Waals surface area contributed by atoms with Crippen LogP contribution in [0.4, 0.5) is 5.69 Å². The molecule has 1 fully saturated rings. The average molecular weight is 423 g/mol. The van der Waals surface area contributed by atoms with E-state index in [0.717, 1.165) is 41.4 Å². The Morgan fingerprint density at radius 2 is 1.59 bits per heavy atom. The first-order valence-electron chi connectivity index (χ1n) is 11.6. The first-order valence-corrected chi connectivity index (χ1v) is 11.6. The van der Waals surface area contributed by atoms with Gasteiger partial charge in [-0.2, -0.15) is 0 Å². The minimum atomic E-state index is 0.781. The lowest BCUT2D eigenvalue weighted by Crippen LogP contribution is -2.34. The highest BCUT2D eigenvalue weighted by Crippen LogP contribution is 2.32. The minimum absolute atomic E-state index is 0.781. The summed E-state index contributed by atoms with van der Waals surface area (Å²) in [5, 5.41) is 1.06. The number of piperidine rings is 1. The van der Waals surface area contributed by atoms with Gasteiger partial charge in [-0.1, -0.05) is 30.3 Å². The Hall–Kier alpha value is -3.33. The van der Waals surface area contributed by atoms with E-state index in [0.29, 0.717) is 0 Å². The number of fused-ring (bicyclic) bond motifs is 1. The van der Waals surface area contributed by atoms with Gasteiger partial charge in [0.15, 0.2) is 0 Å². The van der Waals surface area contributed by atoms with E-state index in [-0.39, 0.29) is 0 Å². The highest BCUT2D eigenvalue weighted by molar-refractivity contribution is 5.86. The molecule has 0 amide bonds. The van der Waals surface area contributed by atoms with Crippen molar-refractivity contribution < 1.29 is 4.74 Å². The third-order valence-corrected chi connectivity index (χ3v) is 6.73. The van der Waals surface area contributed by atoms with Crippen molar-refractivity contribution in [3.05, 3.63) is 95.7 Å². The van der Waals surface area contributed by atoms with E-state index in [1.807, 2.05) is 12.3 Å². The first kappa shape index (κ1) is 20.6. The molecule has 3 heteroatoms. The standard InChI is InChI=1S/C29H30N2O/c1-21-18-27-28(19-22(21)2)30-15-12-29(27)32-26-10-8-25(9-11-26)31-16-13-24(14-17-31)20-23-6-4-3-5-7-23/h3-12,15,18-19,24H,13-14,16-17,20H2,1-2H3. The molecule has 0 saturated carbocycles. The Balaban J connectivity index is 1.24. The number of rotatable bonds is 5. The van der Waals surface area contributed by atoms with Gasteiger partial charge >= 0.3 is 0 Å². The number of hydrogen-bond acceptors (Lipinski definition) is 3. The Morgan fingerprint density at radius 3 is 2.34 bits per heavy atom. The lowest BCUT2D eigenvalue weighted by Gasteiger charge is -2.33. The molecule has 162 valence electrons. The van der Waals surface area contributed by atoms with Gasteiger partial charge in [-0.25, -0.2) is 0 Å². The molecule has 3 nitrogen and oxygen atoms in total. The molecule has 0 N–H and O–H groups in total. The predicted octanol–water partition coefficient (Wildman–Crippen LogP) is 7.10. The number of aromatic nitrogens is 1. The summed E-state index contributed by atoms with van der Waals surface area (Å²) in [5.41, 5.74) is 6.21. The molecule has 5 rings (SSSR count). The fourth-order valence-corrected chi connectivity index (χ4v) is 4.66. The zero-order valence-corrected chi connectivity index (χ0v) is 18.9. The van der Waals surface area contributed by atoms with E-state index in [9.17, 15) is 0 Å². The molecular formula is C29H30N2O. The fraction of sp³-hybridized carbons (Fsp3) is 0.276. The van der Waals surface area contributed by atoms with Crippen LogP contribution >= 0.6 is 0 Å². The summed E-state index contributed by atoms with van der Waals surface area (Å²) >= 11 is 0. The Kier molecular flexibility index (Phi) is 5.81. The van der Waals surface area contributed by atoms with Crippen molar-refractivity contribution in [1.82, 2.24) is 4.98 Å². The Labute approximate surface area is 190 Å². The molecule has 1 saturated heterocycles. The third-order valence-electron chi connectivity index (χ3n) is 6.73. The lowest BCUT2D eigenvalue weighted by atomic mass is 9.90. The van der Waals surface area contributed by atoms with Crippen molar-refractivity contribution in [3.63, 3.8) is 0 Å². The van der Waals surface area contributed by atoms with Gasteiger partial charge in [-0.15, -0.1) is 0 Å². The number of hydrogen-bond donors (Lipinski definition) is 0. The number of aryl methyl sites for hydroxylation is 2.